The van der Waals surface area contributed by atoms with E-state index < -0.39 is 5.97 Å². The van der Waals surface area contributed by atoms with Crippen molar-refractivity contribution in [3.05, 3.63) is 11.3 Å². The van der Waals surface area contributed by atoms with E-state index in [1.165, 1.54) is 0 Å². The number of hydrogen-bond donors (Lipinski definition) is 2. The van der Waals surface area contributed by atoms with Crippen molar-refractivity contribution < 1.29 is 9.53 Å². The first kappa shape index (κ1) is 7.02. The van der Waals surface area contributed by atoms with Crippen molar-refractivity contribution in [2.45, 2.75) is 13.3 Å². The third kappa shape index (κ3) is 0.827. The topological polar surface area (TPSA) is 78.8 Å². The van der Waals surface area contributed by atoms with Crippen LogP contribution in [0.2, 0.25) is 0 Å². The van der Waals surface area contributed by atoms with Gasteiger partial charge in [-0.15, -0.1) is 5.10 Å². The maximum atomic E-state index is 10.8. The number of rotatable bonds is 0. The van der Waals surface area contributed by atoms with Crippen LogP contribution in [-0.4, -0.2) is 21.9 Å². The van der Waals surface area contributed by atoms with E-state index in [1.54, 1.807) is 6.92 Å². The van der Waals surface area contributed by atoms with E-state index >= 15 is 0 Å². The minimum atomic E-state index is -0.418. The molecule has 62 valence electrons. The summed E-state index contributed by atoms with van der Waals surface area (Å²) in [7, 11) is 0. The number of carbonyl (C=O) groups excluding carboxylic acids is 1. The van der Waals surface area contributed by atoms with Gasteiger partial charge in [0.15, 0.2) is 0 Å². The second-order valence-electron chi connectivity index (χ2n) is 2.66. The Hall–Kier alpha value is -1.65. The molecule has 0 aromatic carbocycles. The average molecular weight is 165 g/mol. The second kappa shape index (κ2) is 2.17. The Bertz CT molecular complexity index is 367. The molecule has 2 rings (SSSR count). The van der Waals surface area contributed by atoms with Crippen LogP contribution < -0.4 is 4.74 Å². The Morgan fingerprint density at radius 1 is 1.67 bits per heavy atom. The molecule has 0 radical (unpaired) electrons. The molecule has 12 heavy (non-hydrogen) atoms. The second-order valence-corrected chi connectivity index (χ2v) is 2.66. The Morgan fingerprint density at radius 3 is 3.17 bits per heavy atom. The van der Waals surface area contributed by atoms with Gasteiger partial charge < -0.3 is 10.1 Å². The zero-order valence-corrected chi connectivity index (χ0v) is 6.47. The van der Waals surface area contributed by atoms with Gasteiger partial charge in [0.05, 0.1) is 17.7 Å². The summed E-state index contributed by atoms with van der Waals surface area (Å²) in [6.07, 6.45) is 0.0351. The lowest BCUT2D eigenvalue weighted by Gasteiger charge is -2.10. The molecule has 0 aliphatic carbocycles. The molecule has 1 aromatic heterocycles. The molecule has 0 saturated heterocycles. The molecular formula is C7H7N3O2. The average Bonchev–Trinajstić information content (AvgIpc) is 2.31. The van der Waals surface area contributed by atoms with Crippen molar-refractivity contribution in [3.8, 4) is 5.88 Å². The Kier molecular flexibility index (Phi) is 1.27. The van der Waals surface area contributed by atoms with E-state index in [-0.39, 0.29) is 18.0 Å². The number of aromatic nitrogens is 2. The van der Waals surface area contributed by atoms with Crippen molar-refractivity contribution in [1.29, 1.82) is 5.41 Å². The Balaban J connectivity index is 2.57. The lowest BCUT2D eigenvalue weighted by Crippen LogP contribution is -2.21. The number of esters is 1. The fourth-order valence-electron chi connectivity index (χ4n) is 1.21. The number of aromatic amines is 1. The number of carbonyl (C=O) groups is 1. The highest BCUT2D eigenvalue weighted by Gasteiger charge is 2.26. The van der Waals surface area contributed by atoms with Gasteiger partial charge in [-0.05, 0) is 6.92 Å². The van der Waals surface area contributed by atoms with Gasteiger partial charge in [-0.3, -0.25) is 9.89 Å². The van der Waals surface area contributed by atoms with Crippen molar-refractivity contribution in [2.24, 2.45) is 0 Å². The van der Waals surface area contributed by atoms with Crippen molar-refractivity contribution >= 4 is 11.7 Å². The van der Waals surface area contributed by atoms with Crippen LogP contribution in [0.25, 0.3) is 0 Å². The van der Waals surface area contributed by atoms with E-state index in [9.17, 15) is 4.79 Å². The van der Waals surface area contributed by atoms with Gasteiger partial charge in [0.25, 0.3) is 5.88 Å². The summed E-state index contributed by atoms with van der Waals surface area (Å²) in [6, 6.07) is 0. The molecule has 0 amide bonds. The third-order valence-electron chi connectivity index (χ3n) is 1.75. The molecule has 2 N–H and O–H groups in total. The van der Waals surface area contributed by atoms with Crippen LogP contribution >= 0.6 is 0 Å². The molecule has 1 aliphatic rings. The highest BCUT2D eigenvalue weighted by atomic mass is 16.5. The molecule has 5 heteroatoms. The number of hydrogen-bond acceptors (Lipinski definition) is 4. The predicted molar refractivity (Wildman–Crippen MR) is 40.4 cm³/mol. The van der Waals surface area contributed by atoms with E-state index in [4.69, 9.17) is 10.1 Å². The summed E-state index contributed by atoms with van der Waals surface area (Å²) in [6.45, 7) is 1.79. The molecule has 2 heterocycles. The molecule has 0 fully saturated rings. The smallest absolute Gasteiger partial charge is 0.318 e. The molecule has 0 saturated carbocycles. The molecule has 0 spiro atoms. The molecule has 0 unspecified atom stereocenters. The number of nitrogens with one attached hydrogen (secondary N) is 2. The van der Waals surface area contributed by atoms with Crippen LogP contribution in [0.5, 0.6) is 5.88 Å². The molecule has 1 aliphatic heterocycles. The summed E-state index contributed by atoms with van der Waals surface area (Å²) < 4.78 is 4.80. The van der Waals surface area contributed by atoms with Crippen molar-refractivity contribution in [2.75, 3.05) is 0 Å². The number of aryl methyl sites for hydroxylation is 1. The predicted octanol–water partition coefficient (Wildman–Crippen LogP) is 0.395. The van der Waals surface area contributed by atoms with Gasteiger partial charge in [-0.1, -0.05) is 0 Å². The van der Waals surface area contributed by atoms with Crippen LogP contribution in [0, 0.1) is 12.3 Å². The SMILES string of the molecule is Cc1[nH]nc2c1C(=N)CC(=O)O2. The third-order valence-corrected chi connectivity index (χ3v) is 1.75. The van der Waals surface area contributed by atoms with Gasteiger partial charge in [0, 0.05) is 5.69 Å². The lowest BCUT2D eigenvalue weighted by molar-refractivity contribution is -0.133. The minimum Gasteiger partial charge on any atom is -0.405 e. The summed E-state index contributed by atoms with van der Waals surface area (Å²) in [5.41, 5.74) is 1.66. The van der Waals surface area contributed by atoms with Gasteiger partial charge in [0.1, 0.15) is 0 Å². The largest absolute Gasteiger partial charge is 0.405 e. The number of H-pyrrole nitrogens is 1. The van der Waals surface area contributed by atoms with E-state index in [0.717, 1.165) is 5.69 Å². The normalized spacial score (nSPS) is 15.8. The molecule has 0 atom stereocenters. The minimum absolute atomic E-state index is 0.0351. The Labute approximate surface area is 68.2 Å². The first-order valence-corrected chi connectivity index (χ1v) is 3.52. The Morgan fingerprint density at radius 2 is 2.42 bits per heavy atom. The van der Waals surface area contributed by atoms with E-state index in [2.05, 4.69) is 10.2 Å². The standard InChI is InChI=1S/C7H7N3O2/c1-3-6-4(8)2-5(11)12-7(6)10-9-3/h8H,2H2,1H3,(H,9,10). The first-order chi connectivity index (χ1) is 5.68. The highest BCUT2D eigenvalue weighted by Crippen LogP contribution is 2.24. The van der Waals surface area contributed by atoms with Crippen molar-refractivity contribution in [3.63, 3.8) is 0 Å². The zero-order valence-electron chi connectivity index (χ0n) is 6.47. The molecule has 1 aromatic rings. The number of ether oxygens (including phenoxy) is 1. The summed E-state index contributed by atoms with van der Waals surface area (Å²) in [5, 5.41) is 13.9. The maximum absolute atomic E-state index is 10.8. The molecule has 5 nitrogen and oxygen atoms in total. The van der Waals surface area contributed by atoms with Crippen molar-refractivity contribution in [1.82, 2.24) is 10.2 Å². The lowest BCUT2D eigenvalue weighted by atomic mass is 10.1. The molecule has 0 bridgehead atoms. The quantitative estimate of drug-likeness (QED) is 0.546. The zero-order chi connectivity index (χ0) is 8.72. The van der Waals surface area contributed by atoms with Crippen LogP contribution in [0.3, 0.4) is 0 Å². The molecular weight excluding hydrogens is 158 g/mol. The van der Waals surface area contributed by atoms with Crippen LogP contribution in [0.15, 0.2) is 0 Å². The fraction of sp³-hybridized carbons (Fsp3) is 0.286. The highest BCUT2D eigenvalue weighted by molar-refractivity contribution is 6.12. The van der Waals surface area contributed by atoms with E-state index in [0.29, 0.717) is 5.56 Å². The monoisotopic (exact) mass is 165 g/mol. The summed E-state index contributed by atoms with van der Waals surface area (Å²) >= 11 is 0. The van der Waals surface area contributed by atoms with Gasteiger partial charge in [-0.25, -0.2) is 0 Å². The summed E-state index contributed by atoms with van der Waals surface area (Å²) in [4.78, 5) is 10.8. The van der Waals surface area contributed by atoms with Crippen LogP contribution in [-0.2, 0) is 4.79 Å². The number of nitrogens with zero attached hydrogens (tertiary/aromatic N) is 1. The van der Waals surface area contributed by atoms with E-state index in [1.807, 2.05) is 0 Å². The summed E-state index contributed by atoms with van der Waals surface area (Å²) in [5.74, 6) is -0.187. The van der Waals surface area contributed by atoms with Gasteiger partial charge in [0.2, 0.25) is 0 Å². The van der Waals surface area contributed by atoms with Gasteiger partial charge in [-0.2, -0.15) is 0 Å². The maximum Gasteiger partial charge on any atom is 0.318 e. The fourth-order valence-corrected chi connectivity index (χ4v) is 1.21. The van der Waals surface area contributed by atoms with Gasteiger partial charge >= 0.3 is 5.97 Å². The van der Waals surface area contributed by atoms with Crippen LogP contribution in [0.1, 0.15) is 17.7 Å². The first-order valence-electron chi connectivity index (χ1n) is 3.52. The number of fused-ring (bicyclic) bond motifs is 1. The van der Waals surface area contributed by atoms with Crippen LogP contribution in [0.4, 0.5) is 0 Å².